The van der Waals surface area contributed by atoms with Crippen molar-refractivity contribution < 1.29 is 9.53 Å². The predicted octanol–water partition coefficient (Wildman–Crippen LogP) is 1.65. The molecule has 110 valence electrons. The van der Waals surface area contributed by atoms with Crippen LogP contribution in [0.1, 0.15) is 6.92 Å². The molecule has 6 heteroatoms. The Bertz CT molecular complexity index is 579. The summed E-state index contributed by atoms with van der Waals surface area (Å²) in [5, 5.41) is 1.79. The van der Waals surface area contributed by atoms with Gasteiger partial charge in [0.2, 0.25) is 0 Å². The number of benzene rings is 1. The Morgan fingerprint density at radius 2 is 2.24 bits per heavy atom. The number of carbonyl (C=O) groups excluding carboxylic acids is 1. The summed E-state index contributed by atoms with van der Waals surface area (Å²) in [6, 6.07) is 9.72. The lowest BCUT2D eigenvalue weighted by atomic mass is 10.2. The van der Waals surface area contributed by atoms with Crippen molar-refractivity contribution in [2.45, 2.75) is 6.92 Å². The van der Waals surface area contributed by atoms with E-state index < -0.39 is 5.97 Å². The fourth-order valence-electron chi connectivity index (χ4n) is 1.76. The molecule has 0 atom stereocenters. The van der Waals surface area contributed by atoms with Crippen molar-refractivity contribution in [1.82, 2.24) is 5.01 Å². The fourth-order valence-corrected chi connectivity index (χ4v) is 1.76. The molecule has 0 aromatic heterocycles. The Kier molecular flexibility index (Phi) is 4.98. The van der Waals surface area contributed by atoms with Crippen LogP contribution >= 0.6 is 0 Å². The first-order valence-corrected chi connectivity index (χ1v) is 6.65. The summed E-state index contributed by atoms with van der Waals surface area (Å²) in [6.45, 7) is 2.60. The van der Waals surface area contributed by atoms with E-state index in [4.69, 9.17) is 10.5 Å². The molecule has 6 nitrogen and oxygen atoms in total. The van der Waals surface area contributed by atoms with Gasteiger partial charge in [0.15, 0.2) is 0 Å². The molecule has 3 N–H and O–H groups in total. The molecule has 0 saturated heterocycles. The fraction of sp³-hybridized carbons (Fsp3) is 0.200. The topological polar surface area (TPSA) is 80.0 Å². The third kappa shape index (κ3) is 4.38. The number of anilines is 1. The Hall–Kier alpha value is -2.76. The van der Waals surface area contributed by atoms with Gasteiger partial charge in [-0.05, 0) is 25.1 Å². The number of nitrogens with one attached hydrogen (secondary N) is 1. The number of nitrogens with two attached hydrogens (primary N) is 1. The first-order valence-electron chi connectivity index (χ1n) is 6.65. The molecule has 21 heavy (non-hydrogen) atoms. The van der Waals surface area contributed by atoms with E-state index >= 15 is 0 Å². The molecule has 0 radical (unpaired) electrons. The highest BCUT2D eigenvalue weighted by atomic mass is 16.5. The number of esters is 1. The van der Waals surface area contributed by atoms with Gasteiger partial charge in [-0.3, -0.25) is 10.4 Å². The van der Waals surface area contributed by atoms with E-state index in [0.29, 0.717) is 19.0 Å². The first-order chi connectivity index (χ1) is 10.2. The minimum absolute atomic E-state index is 0.345. The van der Waals surface area contributed by atoms with Crippen LogP contribution in [0.25, 0.3) is 0 Å². The maximum atomic E-state index is 11.3. The van der Waals surface area contributed by atoms with E-state index in [2.05, 4.69) is 10.4 Å². The van der Waals surface area contributed by atoms with Gasteiger partial charge in [-0.25, -0.2) is 9.79 Å². The first kappa shape index (κ1) is 14.6. The Morgan fingerprint density at radius 1 is 1.48 bits per heavy atom. The van der Waals surface area contributed by atoms with Gasteiger partial charge in [0.1, 0.15) is 12.2 Å². The van der Waals surface area contributed by atoms with Crippen molar-refractivity contribution in [3.63, 3.8) is 0 Å². The maximum absolute atomic E-state index is 11.3. The van der Waals surface area contributed by atoms with Gasteiger partial charge in [0.25, 0.3) is 0 Å². The molecular formula is C15H18N4O2. The van der Waals surface area contributed by atoms with E-state index in [0.717, 1.165) is 11.3 Å². The van der Waals surface area contributed by atoms with Crippen molar-refractivity contribution >= 4 is 18.0 Å². The normalized spacial score (nSPS) is 14.6. The summed E-state index contributed by atoms with van der Waals surface area (Å²) < 4.78 is 4.83. The lowest BCUT2D eigenvalue weighted by molar-refractivity contribution is -0.137. The van der Waals surface area contributed by atoms with E-state index in [1.54, 1.807) is 24.3 Å². The highest BCUT2D eigenvalue weighted by molar-refractivity contribution is 5.82. The zero-order chi connectivity index (χ0) is 15.1. The number of para-hydroxylation sites is 1. The summed E-state index contributed by atoms with van der Waals surface area (Å²) in [5.41, 5.74) is 10.7. The van der Waals surface area contributed by atoms with Crippen molar-refractivity contribution in [3.8, 4) is 0 Å². The van der Waals surface area contributed by atoms with Crippen LogP contribution in [0.15, 0.2) is 58.9 Å². The number of hydrogen-bond donors (Lipinski definition) is 2. The molecule has 1 aliphatic heterocycles. The van der Waals surface area contributed by atoms with Crippen molar-refractivity contribution in [2.75, 3.05) is 18.6 Å². The van der Waals surface area contributed by atoms with E-state index in [1.165, 1.54) is 6.08 Å². The van der Waals surface area contributed by atoms with Crippen LogP contribution in [0.2, 0.25) is 0 Å². The highest BCUT2D eigenvalue weighted by Gasteiger charge is 2.11. The molecule has 0 fully saturated rings. The number of aliphatic imine (C=N–C) groups is 1. The van der Waals surface area contributed by atoms with Crippen LogP contribution in [0.3, 0.4) is 0 Å². The van der Waals surface area contributed by atoms with Crippen LogP contribution in [-0.2, 0) is 9.53 Å². The molecule has 0 amide bonds. The van der Waals surface area contributed by atoms with Gasteiger partial charge < -0.3 is 10.5 Å². The Morgan fingerprint density at radius 3 is 2.95 bits per heavy atom. The summed E-state index contributed by atoms with van der Waals surface area (Å²) in [5.74, 6) is -0.00317. The van der Waals surface area contributed by atoms with Crippen molar-refractivity contribution in [1.29, 1.82) is 0 Å². The molecule has 1 aliphatic rings. The van der Waals surface area contributed by atoms with Gasteiger partial charge in [0, 0.05) is 11.6 Å². The summed E-state index contributed by atoms with van der Waals surface area (Å²) >= 11 is 0. The Labute approximate surface area is 123 Å². The summed E-state index contributed by atoms with van der Waals surface area (Å²) in [6.07, 6.45) is 4.60. The molecule has 1 heterocycles. The molecule has 1 aromatic carbocycles. The van der Waals surface area contributed by atoms with Crippen LogP contribution in [0, 0.1) is 0 Å². The average Bonchev–Trinajstić information content (AvgIpc) is 2.49. The average molecular weight is 286 g/mol. The Balaban J connectivity index is 1.99. The van der Waals surface area contributed by atoms with Gasteiger partial charge in [-0.2, -0.15) is 0 Å². The number of rotatable bonds is 5. The third-order valence-corrected chi connectivity index (χ3v) is 2.76. The molecule has 2 rings (SSSR count). The van der Waals surface area contributed by atoms with E-state index in [9.17, 15) is 4.79 Å². The summed E-state index contributed by atoms with van der Waals surface area (Å²) in [7, 11) is 0. The number of hydrogen-bond acceptors (Lipinski definition) is 6. The van der Waals surface area contributed by atoms with E-state index in [-0.39, 0.29) is 0 Å². The summed E-state index contributed by atoms with van der Waals surface area (Å²) in [4.78, 5) is 15.4. The lowest BCUT2D eigenvalue weighted by Gasteiger charge is -2.25. The maximum Gasteiger partial charge on any atom is 0.330 e. The standard InChI is InChI=1S/C15H18N4O2/c1-2-21-14(20)9-8-12-10-19(11-17-15(12)16)18-13-6-4-3-5-7-13/h3-9,11,18H,2,10,16H2,1H3. The second-order valence-corrected chi connectivity index (χ2v) is 4.35. The smallest absolute Gasteiger partial charge is 0.330 e. The van der Waals surface area contributed by atoms with Crippen molar-refractivity contribution in [3.05, 3.63) is 53.9 Å². The highest BCUT2D eigenvalue weighted by Crippen LogP contribution is 2.13. The molecular weight excluding hydrogens is 268 g/mol. The van der Waals surface area contributed by atoms with Gasteiger partial charge >= 0.3 is 5.97 Å². The molecule has 1 aromatic rings. The van der Waals surface area contributed by atoms with Crippen LogP contribution in [-0.4, -0.2) is 30.5 Å². The predicted molar refractivity (Wildman–Crippen MR) is 82.2 cm³/mol. The molecule has 0 unspecified atom stereocenters. The van der Waals surface area contributed by atoms with Gasteiger partial charge in [-0.15, -0.1) is 0 Å². The van der Waals surface area contributed by atoms with Crippen LogP contribution < -0.4 is 11.2 Å². The number of nitrogens with zero attached hydrogens (tertiary/aromatic N) is 2. The van der Waals surface area contributed by atoms with Gasteiger partial charge in [0.05, 0.1) is 18.8 Å². The minimum Gasteiger partial charge on any atom is -0.463 e. The second-order valence-electron chi connectivity index (χ2n) is 4.35. The largest absolute Gasteiger partial charge is 0.463 e. The zero-order valence-corrected chi connectivity index (χ0v) is 11.8. The quantitative estimate of drug-likeness (QED) is 0.635. The number of hydrazine groups is 1. The number of ether oxygens (including phenoxy) is 1. The third-order valence-electron chi connectivity index (χ3n) is 2.76. The molecule has 0 saturated carbocycles. The zero-order valence-electron chi connectivity index (χ0n) is 11.8. The SMILES string of the molecule is CCOC(=O)C=CC1=C(N)N=CN(Nc2ccccc2)C1. The monoisotopic (exact) mass is 286 g/mol. The molecule has 0 spiro atoms. The van der Waals surface area contributed by atoms with Gasteiger partial charge in [-0.1, -0.05) is 18.2 Å². The number of carbonyl (C=O) groups is 1. The van der Waals surface area contributed by atoms with Crippen LogP contribution in [0.4, 0.5) is 5.69 Å². The second kappa shape index (κ2) is 7.14. The van der Waals surface area contributed by atoms with Crippen molar-refractivity contribution in [2.24, 2.45) is 10.7 Å². The molecule has 0 aliphatic carbocycles. The van der Waals surface area contributed by atoms with E-state index in [1.807, 2.05) is 30.3 Å². The minimum atomic E-state index is -0.394. The molecule has 0 bridgehead atoms. The van der Waals surface area contributed by atoms with Crippen LogP contribution in [0.5, 0.6) is 0 Å². The lowest BCUT2D eigenvalue weighted by Crippen LogP contribution is -2.34.